The van der Waals surface area contributed by atoms with Crippen LogP contribution in [0.5, 0.6) is 0 Å². The molecular weight excluding hydrogens is 286 g/mol. The van der Waals surface area contributed by atoms with E-state index in [9.17, 15) is 4.79 Å². The van der Waals surface area contributed by atoms with Gasteiger partial charge in [0.15, 0.2) is 0 Å². The summed E-state index contributed by atoms with van der Waals surface area (Å²) in [5.41, 5.74) is 1.66. The number of hydrogen-bond acceptors (Lipinski definition) is 5. The molecule has 0 atom stereocenters. The van der Waals surface area contributed by atoms with Gasteiger partial charge in [0.25, 0.3) is 5.91 Å². The van der Waals surface area contributed by atoms with Gasteiger partial charge in [-0.15, -0.1) is 11.3 Å². The molecule has 2 aromatic rings. The minimum atomic E-state index is -0.348. The summed E-state index contributed by atoms with van der Waals surface area (Å²) in [5, 5.41) is 6.64. The highest BCUT2D eigenvalue weighted by Gasteiger charge is 2.39. The predicted octanol–water partition coefficient (Wildman–Crippen LogP) is 2.47. The van der Waals surface area contributed by atoms with Crippen molar-refractivity contribution in [1.29, 1.82) is 0 Å². The number of hydrogen-bond donors (Lipinski definition) is 2. The smallest absolute Gasteiger partial charge is 0.265 e. The summed E-state index contributed by atoms with van der Waals surface area (Å²) < 4.78 is 5.40. The first kappa shape index (κ1) is 12.8. The van der Waals surface area contributed by atoms with E-state index in [1.165, 1.54) is 11.3 Å². The summed E-state index contributed by atoms with van der Waals surface area (Å²) in [6, 6.07) is 5.98. The number of nitrogens with one attached hydrogen (secondary N) is 2. The van der Waals surface area contributed by atoms with E-state index in [0.29, 0.717) is 13.2 Å². The normalized spacial score (nSPS) is 19.7. The van der Waals surface area contributed by atoms with Gasteiger partial charge < -0.3 is 15.4 Å². The predicted molar refractivity (Wildman–Crippen MR) is 81.4 cm³/mol. The molecule has 1 amide bonds. The van der Waals surface area contributed by atoms with Gasteiger partial charge in [0, 0.05) is 30.1 Å². The van der Waals surface area contributed by atoms with Crippen molar-refractivity contribution in [3.05, 3.63) is 35.5 Å². The average molecular weight is 301 g/mol. The van der Waals surface area contributed by atoms with Crippen LogP contribution in [0.3, 0.4) is 0 Å². The molecule has 5 nitrogen and oxygen atoms in total. The average Bonchev–Trinajstić information content (AvgIpc) is 2.93. The lowest BCUT2D eigenvalue weighted by Crippen LogP contribution is -2.59. The summed E-state index contributed by atoms with van der Waals surface area (Å²) in [7, 11) is 0. The Labute approximate surface area is 126 Å². The molecule has 2 aliphatic heterocycles. The van der Waals surface area contributed by atoms with Crippen LogP contribution in [0.15, 0.2) is 30.6 Å². The molecule has 0 saturated carbocycles. The first-order valence-electron chi connectivity index (χ1n) is 6.98. The van der Waals surface area contributed by atoms with Gasteiger partial charge in [-0.1, -0.05) is 0 Å². The fourth-order valence-electron chi connectivity index (χ4n) is 2.84. The number of nitrogens with zero attached hydrogens (tertiary/aromatic N) is 1. The third-order valence-electron chi connectivity index (χ3n) is 3.98. The molecule has 108 valence electrons. The van der Waals surface area contributed by atoms with Crippen LogP contribution < -0.4 is 10.6 Å². The molecule has 1 fully saturated rings. The van der Waals surface area contributed by atoms with Crippen molar-refractivity contribution in [2.24, 2.45) is 0 Å². The van der Waals surface area contributed by atoms with Crippen molar-refractivity contribution in [2.45, 2.75) is 18.5 Å². The van der Waals surface area contributed by atoms with Gasteiger partial charge in [0.05, 0.1) is 18.9 Å². The molecular formula is C15H15N3O2S. The second-order valence-electron chi connectivity index (χ2n) is 5.36. The minimum absolute atomic E-state index is 0.0101. The summed E-state index contributed by atoms with van der Waals surface area (Å²) in [6.45, 7) is 1.34. The molecule has 0 aliphatic carbocycles. The number of aromatic nitrogens is 1. The largest absolute Gasteiger partial charge is 0.381 e. The topological polar surface area (TPSA) is 63.2 Å². The molecule has 0 unspecified atom stereocenters. The van der Waals surface area contributed by atoms with E-state index in [1.807, 2.05) is 12.1 Å². The molecule has 6 heteroatoms. The van der Waals surface area contributed by atoms with Crippen LogP contribution in [-0.2, 0) is 4.74 Å². The fraction of sp³-hybridized carbons (Fsp3) is 0.333. The summed E-state index contributed by atoms with van der Waals surface area (Å²) >= 11 is 1.51. The van der Waals surface area contributed by atoms with Crippen molar-refractivity contribution < 1.29 is 9.53 Å². The summed E-state index contributed by atoms with van der Waals surface area (Å²) in [4.78, 5) is 18.3. The zero-order valence-electron chi connectivity index (χ0n) is 11.4. The fourth-order valence-corrected chi connectivity index (χ4v) is 3.86. The van der Waals surface area contributed by atoms with E-state index in [2.05, 4.69) is 21.7 Å². The molecule has 2 aromatic heterocycles. The van der Waals surface area contributed by atoms with E-state index < -0.39 is 0 Å². The lowest BCUT2D eigenvalue weighted by molar-refractivity contribution is 0.0438. The molecule has 1 saturated heterocycles. The van der Waals surface area contributed by atoms with Crippen LogP contribution in [0.2, 0.25) is 0 Å². The van der Waals surface area contributed by atoms with Crippen molar-refractivity contribution in [2.75, 3.05) is 18.5 Å². The van der Waals surface area contributed by atoms with Crippen LogP contribution >= 0.6 is 11.3 Å². The molecule has 1 spiro atoms. The molecule has 0 radical (unpaired) electrons. The Morgan fingerprint density at radius 2 is 1.95 bits per heavy atom. The van der Waals surface area contributed by atoms with E-state index in [-0.39, 0.29) is 11.6 Å². The molecule has 0 bridgehead atoms. The van der Waals surface area contributed by atoms with Gasteiger partial charge >= 0.3 is 0 Å². The Morgan fingerprint density at radius 3 is 2.71 bits per heavy atom. The molecule has 0 aromatic carbocycles. The van der Waals surface area contributed by atoms with Gasteiger partial charge in [0.1, 0.15) is 10.5 Å². The minimum Gasteiger partial charge on any atom is -0.381 e. The Kier molecular flexibility index (Phi) is 2.94. The van der Waals surface area contributed by atoms with Crippen LogP contribution in [0.4, 0.5) is 5.69 Å². The van der Waals surface area contributed by atoms with Gasteiger partial charge in [-0.05, 0) is 23.8 Å². The number of fused-ring (bicyclic) bond motifs is 1. The lowest BCUT2D eigenvalue weighted by atomic mass is 9.97. The molecule has 21 heavy (non-hydrogen) atoms. The third kappa shape index (κ3) is 2.20. The standard InChI is InChI=1S/C15H15N3O2S/c19-14-13-11(17-15(18-14)3-7-20-8-4-15)9-12(21-13)10-1-5-16-6-2-10/h1-2,5-6,9,17H,3-4,7-8H2,(H,18,19). The number of carbonyl (C=O) groups excluding carboxylic acids is 1. The van der Waals surface area contributed by atoms with Gasteiger partial charge in [0.2, 0.25) is 0 Å². The Balaban J connectivity index is 1.71. The Bertz CT molecular complexity index is 677. The second-order valence-corrected chi connectivity index (χ2v) is 6.42. The molecule has 2 N–H and O–H groups in total. The second kappa shape index (κ2) is 4.82. The maximum absolute atomic E-state index is 12.4. The van der Waals surface area contributed by atoms with E-state index in [1.54, 1.807) is 12.4 Å². The highest BCUT2D eigenvalue weighted by Crippen LogP contribution is 2.39. The molecule has 2 aliphatic rings. The van der Waals surface area contributed by atoms with Crippen molar-refractivity contribution in [3.63, 3.8) is 0 Å². The lowest BCUT2D eigenvalue weighted by Gasteiger charge is -2.41. The van der Waals surface area contributed by atoms with Crippen molar-refractivity contribution in [1.82, 2.24) is 10.3 Å². The highest BCUT2D eigenvalue weighted by molar-refractivity contribution is 7.18. The highest BCUT2D eigenvalue weighted by atomic mass is 32.1. The SMILES string of the molecule is O=C1NC2(CCOCC2)Nc2cc(-c3ccncc3)sc21. The third-order valence-corrected chi connectivity index (χ3v) is 5.16. The van der Waals surface area contributed by atoms with Gasteiger partial charge in [-0.3, -0.25) is 9.78 Å². The Morgan fingerprint density at radius 1 is 1.19 bits per heavy atom. The van der Waals surface area contributed by atoms with Crippen LogP contribution in [0, 0.1) is 0 Å². The maximum atomic E-state index is 12.4. The quantitative estimate of drug-likeness (QED) is 0.849. The number of amides is 1. The van der Waals surface area contributed by atoms with E-state index >= 15 is 0 Å². The number of rotatable bonds is 1. The van der Waals surface area contributed by atoms with Crippen LogP contribution in [0.1, 0.15) is 22.5 Å². The monoisotopic (exact) mass is 301 g/mol. The van der Waals surface area contributed by atoms with Crippen molar-refractivity contribution >= 4 is 22.9 Å². The van der Waals surface area contributed by atoms with Gasteiger partial charge in [-0.2, -0.15) is 0 Å². The van der Waals surface area contributed by atoms with E-state index in [0.717, 1.165) is 33.8 Å². The van der Waals surface area contributed by atoms with Crippen LogP contribution in [-0.4, -0.2) is 29.8 Å². The number of thiophene rings is 1. The summed E-state index contributed by atoms with van der Waals surface area (Å²) in [5.74, 6) is 0.0101. The number of carbonyl (C=O) groups is 1. The number of ether oxygens (including phenoxy) is 1. The Hall–Kier alpha value is -1.92. The first-order valence-corrected chi connectivity index (χ1v) is 7.80. The molecule has 4 rings (SSSR count). The number of pyridine rings is 1. The summed E-state index contributed by atoms with van der Waals surface area (Å²) in [6.07, 6.45) is 5.11. The first-order chi connectivity index (χ1) is 10.3. The number of anilines is 1. The van der Waals surface area contributed by atoms with Crippen LogP contribution in [0.25, 0.3) is 10.4 Å². The molecule has 4 heterocycles. The zero-order valence-corrected chi connectivity index (χ0v) is 12.2. The van der Waals surface area contributed by atoms with E-state index in [4.69, 9.17) is 4.74 Å². The van der Waals surface area contributed by atoms with Crippen molar-refractivity contribution in [3.8, 4) is 10.4 Å². The zero-order chi connectivity index (χ0) is 14.3. The van der Waals surface area contributed by atoms with Gasteiger partial charge in [-0.25, -0.2) is 0 Å². The maximum Gasteiger partial charge on any atom is 0.265 e.